The zero-order valence-electron chi connectivity index (χ0n) is 14.3. The van der Waals surface area contributed by atoms with Gasteiger partial charge in [-0.1, -0.05) is 19.1 Å². The Balaban J connectivity index is 1.45. The molecule has 0 spiro atoms. The lowest BCUT2D eigenvalue weighted by Crippen LogP contribution is -2.29. The van der Waals surface area contributed by atoms with Crippen LogP contribution in [-0.4, -0.2) is 30.7 Å². The molecule has 6 nitrogen and oxygen atoms in total. The fourth-order valence-corrected chi connectivity index (χ4v) is 3.28. The molecule has 3 rings (SSSR count). The minimum atomic E-state index is -3.42. The number of benzene rings is 1. The topological polar surface area (TPSA) is 81.2 Å². The Morgan fingerprint density at radius 2 is 1.96 bits per heavy atom. The summed E-state index contributed by atoms with van der Waals surface area (Å²) in [4.78, 5) is 8.36. The average molecular weight is 361 g/mol. The number of rotatable bonds is 9. The first-order chi connectivity index (χ1) is 12.1. The molecule has 0 amide bonds. The first-order valence-electron chi connectivity index (χ1n) is 8.55. The second-order valence-electron chi connectivity index (χ2n) is 6.19. The fourth-order valence-electron chi connectivity index (χ4n) is 2.46. The van der Waals surface area contributed by atoms with Gasteiger partial charge in [0.1, 0.15) is 18.7 Å². The van der Waals surface area contributed by atoms with Crippen molar-refractivity contribution in [1.29, 1.82) is 0 Å². The van der Waals surface area contributed by atoms with Crippen molar-refractivity contribution in [2.75, 3.05) is 12.4 Å². The van der Waals surface area contributed by atoms with Gasteiger partial charge in [0.15, 0.2) is 0 Å². The minimum Gasteiger partial charge on any atom is -0.492 e. The summed E-state index contributed by atoms with van der Waals surface area (Å²) in [7, 11) is -3.42. The van der Waals surface area contributed by atoms with Crippen molar-refractivity contribution in [3.8, 4) is 5.75 Å². The third-order valence-electron chi connectivity index (χ3n) is 4.17. The van der Waals surface area contributed by atoms with Gasteiger partial charge in [0.25, 0.3) is 0 Å². The van der Waals surface area contributed by atoms with E-state index in [1.165, 1.54) is 11.9 Å². The molecule has 0 radical (unpaired) electrons. The van der Waals surface area contributed by atoms with Crippen LogP contribution in [0.2, 0.25) is 0 Å². The molecule has 1 aromatic heterocycles. The van der Waals surface area contributed by atoms with E-state index in [9.17, 15) is 8.42 Å². The predicted molar refractivity (Wildman–Crippen MR) is 95.9 cm³/mol. The van der Waals surface area contributed by atoms with Crippen molar-refractivity contribution in [3.05, 3.63) is 53.6 Å². The number of hydrogen-bond donors (Lipinski definition) is 1. The van der Waals surface area contributed by atoms with E-state index in [1.807, 2.05) is 30.3 Å². The van der Waals surface area contributed by atoms with Gasteiger partial charge < -0.3 is 4.74 Å². The molecule has 1 aliphatic rings. The van der Waals surface area contributed by atoms with E-state index in [4.69, 9.17) is 4.74 Å². The molecule has 0 saturated heterocycles. The molecule has 1 fully saturated rings. The van der Waals surface area contributed by atoms with Crippen molar-refractivity contribution < 1.29 is 13.2 Å². The van der Waals surface area contributed by atoms with Crippen LogP contribution in [0.5, 0.6) is 5.75 Å². The van der Waals surface area contributed by atoms with Crippen LogP contribution in [0.15, 0.2) is 36.7 Å². The van der Waals surface area contributed by atoms with Crippen LogP contribution in [0.1, 0.15) is 42.6 Å². The Labute approximate surface area is 148 Å². The van der Waals surface area contributed by atoms with E-state index in [0.717, 1.165) is 25.0 Å². The molecule has 134 valence electrons. The van der Waals surface area contributed by atoms with Crippen molar-refractivity contribution in [2.24, 2.45) is 0 Å². The summed E-state index contributed by atoms with van der Waals surface area (Å²) in [6, 6.07) is 9.56. The minimum absolute atomic E-state index is 0.0942. The first-order valence-corrected chi connectivity index (χ1v) is 10.2. The lowest BCUT2D eigenvalue weighted by molar-refractivity contribution is 0.340. The molecular weight excluding hydrogens is 338 g/mol. The SMILES string of the molecule is CCc1ccc(OCCS(=O)(=O)NCc2cc(C3CC3)ncn2)cc1. The van der Waals surface area contributed by atoms with Gasteiger partial charge in [-0.05, 0) is 43.0 Å². The third-order valence-corrected chi connectivity index (χ3v) is 5.45. The van der Waals surface area contributed by atoms with Crippen molar-refractivity contribution >= 4 is 10.0 Å². The van der Waals surface area contributed by atoms with E-state index >= 15 is 0 Å². The number of aromatic nitrogens is 2. The summed E-state index contributed by atoms with van der Waals surface area (Å²) in [6.45, 7) is 2.37. The van der Waals surface area contributed by atoms with Crippen LogP contribution in [0.4, 0.5) is 0 Å². The van der Waals surface area contributed by atoms with Gasteiger partial charge in [-0.15, -0.1) is 0 Å². The molecular formula is C18H23N3O3S. The molecule has 25 heavy (non-hydrogen) atoms. The van der Waals surface area contributed by atoms with Crippen LogP contribution in [-0.2, 0) is 23.0 Å². The lowest BCUT2D eigenvalue weighted by Gasteiger charge is -2.09. The zero-order valence-corrected chi connectivity index (χ0v) is 15.1. The smallest absolute Gasteiger partial charge is 0.215 e. The van der Waals surface area contributed by atoms with E-state index in [0.29, 0.717) is 17.4 Å². The highest BCUT2D eigenvalue weighted by Gasteiger charge is 2.25. The van der Waals surface area contributed by atoms with Crippen LogP contribution < -0.4 is 9.46 Å². The van der Waals surface area contributed by atoms with E-state index in [1.54, 1.807) is 0 Å². The number of nitrogens with zero attached hydrogens (tertiary/aromatic N) is 2. The summed E-state index contributed by atoms with van der Waals surface area (Å²) >= 11 is 0. The lowest BCUT2D eigenvalue weighted by atomic mass is 10.2. The molecule has 1 N–H and O–H groups in total. The molecule has 0 aliphatic heterocycles. The highest BCUT2D eigenvalue weighted by molar-refractivity contribution is 7.89. The van der Waals surface area contributed by atoms with Crippen LogP contribution in [0.25, 0.3) is 0 Å². The number of ether oxygens (including phenoxy) is 1. The van der Waals surface area contributed by atoms with Crippen molar-refractivity contribution in [3.63, 3.8) is 0 Å². The van der Waals surface area contributed by atoms with Gasteiger partial charge in [0.2, 0.25) is 10.0 Å². The zero-order chi connectivity index (χ0) is 17.7. The quantitative estimate of drug-likeness (QED) is 0.742. The van der Waals surface area contributed by atoms with Gasteiger partial charge >= 0.3 is 0 Å². The number of hydrogen-bond acceptors (Lipinski definition) is 5. The van der Waals surface area contributed by atoms with Crippen LogP contribution >= 0.6 is 0 Å². The molecule has 0 atom stereocenters. The summed E-state index contributed by atoms with van der Waals surface area (Å²) in [6.07, 6.45) is 4.77. The molecule has 1 saturated carbocycles. The van der Waals surface area contributed by atoms with Gasteiger partial charge in [-0.2, -0.15) is 0 Å². The van der Waals surface area contributed by atoms with Crippen LogP contribution in [0, 0.1) is 0 Å². The summed E-state index contributed by atoms with van der Waals surface area (Å²) in [5, 5.41) is 0. The molecule has 0 unspecified atom stereocenters. The Bertz CT molecular complexity index is 803. The standard InChI is InChI=1S/C18H23N3O3S/c1-2-14-3-7-17(8-4-14)24-9-10-25(22,23)21-12-16-11-18(15-5-6-15)20-13-19-16/h3-4,7-8,11,13,15,21H,2,5-6,9-10,12H2,1H3. The molecule has 7 heteroatoms. The second-order valence-corrected chi connectivity index (χ2v) is 8.12. The first kappa shape index (κ1) is 17.8. The van der Waals surface area contributed by atoms with E-state index in [-0.39, 0.29) is 18.9 Å². The van der Waals surface area contributed by atoms with E-state index in [2.05, 4.69) is 21.6 Å². The molecule has 1 aliphatic carbocycles. The average Bonchev–Trinajstić information content (AvgIpc) is 3.46. The maximum Gasteiger partial charge on any atom is 0.215 e. The highest BCUT2D eigenvalue weighted by Crippen LogP contribution is 2.38. The maximum absolute atomic E-state index is 12.1. The Hall–Kier alpha value is -1.99. The molecule has 1 aromatic carbocycles. The third kappa shape index (κ3) is 5.51. The normalized spacial score (nSPS) is 14.4. The van der Waals surface area contributed by atoms with Gasteiger partial charge in [-0.3, -0.25) is 0 Å². The summed E-state index contributed by atoms with van der Waals surface area (Å²) in [5.74, 6) is 1.10. The molecule has 0 bridgehead atoms. The fraction of sp³-hybridized carbons (Fsp3) is 0.444. The predicted octanol–water partition coefficient (Wildman–Crippen LogP) is 2.41. The van der Waals surface area contributed by atoms with Crippen molar-refractivity contribution in [2.45, 2.75) is 38.6 Å². The Morgan fingerprint density at radius 3 is 2.64 bits per heavy atom. The molecule has 2 aromatic rings. The second kappa shape index (κ2) is 7.93. The number of aryl methyl sites for hydroxylation is 1. The molecule has 1 heterocycles. The van der Waals surface area contributed by atoms with Crippen LogP contribution in [0.3, 0.4) is 0 Å². The summed E-state index contributed by atoms with van der Waals surface area (Å²) in [5.41, 5.74) is 2.91. The monoisotopic (exact) mass is 361 g/mol. The van der Waals surface area contributed by atoms with Crippen molar-refractivity contribution in [1.82, 2.24) is 14.7 Å². The maximum atomic E-state index is 12.1. The van der Waals surface area contributed by atoms with Gasteiger partial charge in [0, 0.05) is 11.6 Å². The Morgan fingerprint density at radius 1 is 1.20 bits per heavy atom. The van der Waals surface area contributed by atoms with E-state index < -0.39 is 10.0 Å². The highest BCUT2D eigenvalue weighted by atomic mass is 32.2. The number of sulfonamides is 1. The summed E-state index contributed by atoms with van der Waals surface area (Å²) < 4.78 is 32.3. The number of nitrogens with one attached hydrogen (secondary N) is 1. The Kier molecular flexibility index (Phi) is 5.65. The largest absolute Gasteiger partial charge is 0.492 e. The van der Waals surface area contributed by atoms with Gasteiger partial charge in [0.05, 0.1) is 18.0 Å². The van der Waals surface area contributed by atoms with Gasteiger partial charge in [-0.25, -0.2) is 23.1 Å².